The van der Waals surface area contributed by atoms with Crippen molar-refractivity contribution in [2.75, 3.05) is 0 Å². The molecule has 0 amide bonds. The Morgan fingerprint density at radius 3 is 2.55 bits per heavy atom. The van der Waals surface area contributed by atoms with Crippen molar-refractivity contribution in [2.24, 2.45) is 0 Å². The highest BCUT2D eigenvalue weighted by Crippen LogP contribution is 2.25. The monoisotopic (exact) mass is 280 g/mol. The van der Waals surface area contributed by atoms with Gasteiger partial charge >= 0.3 is 0 Å². The van der Waals surface area contributed by atoms with Crippen LogP contribution >= 0.6 is 11.3 Å². The molecule has 3 heteroatoms. The van der Waals surface area contributed by atoms with Gasteiger partial charge in [0.25, 0.3) is 0 Å². The van der Waals surface area contributed by atoms with Gasteiger partial charge in [0.05, 0.1) is 5.69 Å². The van der Waals surface area contributed by atoms with Crippen molar-refractivity contribution in [3.05, 3.63) is 76.7 Å². The van der Waals surface area contributed by atoms with Crippen LogP contribution < -0.4 is 5.32 Å². The van der Waals surface area contributed by atoms with Gasteiger partial charge in [-0.25, -0.2) is 0 Å². The van der Waals surface area contributed by atoms with E-state index in [0.717, 1.165) is 18.8 Å². The second-order valence-electron chi connectivity index (χ2n) is 4.59. The Hall–Kier alpha value is -1.97. The van der Waals surface area contributed by atoms with Crippen molar-refractivity contribution in [1.29, 1.82) is 0 Å². The summed E-state index contributed by atoms with van der Waals surface area (Å²) in [6, 6.07) is 18.7. The van der Waals surface area contributed by atoms with Gasteiger partial charge < -0.3 is 5.32 Å². The summed E-state index contributed by atoms with van der Waals surface area (Å²) in [7, 11) is 0. The van der Waals surface area contributed by atoms with Gasteiger partial charge in [0, 0.05) is 24.2 Å². The van der Waals surface area contributed by atoms with Crippen molar-refractivity contribution in [3.8, 4) is 11.1 Å². The minimum atomic E-state index is 0.805. The first-order chi connectivity index (χ1) is 9.92. The molecule has 2 nitrogen and oxygen atoms in total. The average Bonchev–Trinajstić information content (AvgIpc) is 2.98. The molecule has 20 heavy (non-hydrogen) atoms. The van der Waals surface area contributed by atoms with Crippen LogP contribution in [0.4, 0.5) is 0 Å². The first kappa shape index (κ1) is 13.0. The van der Waals surface area contributed by atoms with Gasteiger partial charge in [-0.2, -0.15) is 0 Å². The Morgan fingerprint density at radius 2 is 1.75 bits per heavy atom. The van der Waals surface area contributed by atoms with Gasteiger partial charge in [0.15, 0.2) is 0 Å². The van der Waals surface area contributed by atoms with Crippen LogP contribution in [-0.4, -0.2) is 4.98 Å². The molecule has 0 unspecified atom stereocenters. The first-order valence-electron chi connectivity index (χ1n) is 6.65. The molecule has 0 aliphatic carbocycles. The lowest BCUT2D eigenvalue weighted by molar-refractivity contribution is 0.686. The molecule has 0 aliphatic rings. The number of pyridine rings is 1. The predicted octanol–water partition coefficient (Wildman–Crippen LogP) is 4.10. The lowest BCUT2D eigenvalue weighted by Gasteiger charge is -2.02. The maximum absolute atomic E-state index is 4.30. The molecule has 0 saturated carbocycles. The molecular weight excluding hydrogens is 264 g/mol. The van der Waals surface area contributed by atoms with Crippen molar-refractivity contribution in [1.82, 2.24) is 10.3 Å². The van der Waals surface area contributed by atoms with Crippen LogP contribution in [0.15, 0.2) is 66.2 Å². The van der Waals surface area contributed by atoms with Gasteiger partial charge in [0.1, 0.15) is 0 Å². The number of nitrogens with zero attached hydrogens (tertiary/aromatic N) is 1. The van der Waals surface area contributed by atoms with Gasteiger partial charge in [-0.15, -0.1) is 11.3 Å². The Labute approximate surface area is 123 Å². The third kappa shape index (κ3) is 3.32. The third-order valence-corrected chi connectivity index (χ3v) is 4.03. The molecule has 100 valence electrons. The molecule has 3 rings (SSSR count). The first-order valence-corrected chi connectivity index (χ1v) is 7.53. The van der Waals surface area contributed by atoms with Gasteiger partial charge in [0.2, 0.25) is 0 Å². The summed E-state index contributed by atoms with van der Waals surface area (Å²) in [4.78, 5) is 5.65. The quantitative estimate of drug-likeness (QED) is 0.761. The number of aromatic nitrogens is 1. The van der Waals surface area contributed by atoms with Crippen molar-refractivity contribution >= 4 is 11.3 Å². The fourth-order valence-corrected chi connectivity index (χ4v) is 2.93. The number of benzene rings is 1. The maximum atomic E-state index is 4.30. The summed E-state index contributed by atoms with van der Waals surface area (Å²) in [6.07, 6.45) is 1.83. The van der Waals surface area contributed by atoms with Crippen molar-refractivity contribution in [3.63, 3.8) is 0 Å². The Balaban J connectivity index is 1.58. The zero-order chi connectivity index (χ0) is 13.6. The number of thiophene rings is 1. The van der Waals surface area contributed by atoms with Crippen LogP contribution in [0.5, 0.6) is 0 Å². The van der Waals surface area contributed by atoms with E-state index in [0.29, 0.717) is 0 Å². The number of rotatable bonds is 5. The topological polar surface area (TPSA) is 24.9 Å². The summed E-state index contributed by atoms with van der Waals surface area (Å²) in [5.74, 6) is 0. The van der Waals surface area contributed by atoms with Crippen LogP contribution in [0, 0.1) is 0 Å². The molecule has 1 aromatic carbocycles. The highest BCUT2D eigenvalue weighted by Gasteiger charge is 2.02. The number of nitrogens with one attached hydrogen (secondary N) is 1. The third-order valence-electron chi connectivity index (χ3n) is 3.09. The Morgan fingerprint density at radius 1 is 0.900 bits per heavy atom. The van der Waals surface area contributed by atoms with Gasteiger partial charge in [-0.1, -0.05) is 36.4 Å². The van der Waals surface area contributed by atoms with E-state index in [-0.39, 0.29) is 0 Å². The summed E-state index contributed by atoms with van der Waals surface area (Å²) < 4.78 is 0. The maximum Gasteiger partial charge on any atom is 0.0541 e. The molecule has 0 radical (unpaired) electrons. The van der Waals surface area contributed by atoms with Crippen molar-refractivity contribution in [2.45, 2.75) is 13.1 Å². The summed E-state index contributed by atoms with van der Waals surface area (Å²) in [5, 5.41) is 5.65. The number of hydrogen-bond donors (Lipinski definition) is 1. The minimum absolute atomic E-state index is 0.805. The Bertz CT molecular complexity index is 647. The van der Waals surface area contributed by atoms with E-state index >= 15 is 0 Å². The molecule has 1 N–H and O–H groups in total. The molecule has 0 bridgehead atoms. The molecule has 2 aromatic heterocycles. The fraction of sp³-hybridized carbons (Fsp3) is 0.118. The zero-order valence-electron chi connectivity index (χ0n) is 11.1. The summed E-state index contributed by atoms with van der Waals surface area (Å²) >= 11 is 1.80. The highest BCUT2D eigenvalue weighted by molar-refractivity contribution is 7.10. The smallest absolute Gasteiger partial charge is 0.0541 e. The van der Waals surface area contributed by atoms with Crippen molar-refractivity contribution < 1.29 is 0 Å². The summed E-state index contributed by atoms with van der Waals surface area (Å²) in [5.41, 5.74) is 3.65. The SMILES string of the molecule is c1ccc(-c2csc(CNCc3ccccn3)c2)cc1. The molecule has 0 saturated heterocycles. The van der Waals surface area contributed by atoms with E-state index in [2.05, 4.69) is 46.0 Å². The second kappa shape index (κ2) is 6.46. The van der Waals surface area contributed by atoms with E-state index in [1.807, 2.05) is 30.5 Å². The molecule has 3 aromatic rings. The standard InChI is InChI=1S/C17H16N2S/c1-2-6-14(7-3-1)15-10-17(20-13-15)12-18-11-16-8-4-5-9-19-16/h1-10,13,18H,11-12H2. The number of hydrogen-bond acceptors (Lipinski definition) is 3. The molecule has 0 spiro atoms. The van der Waals surface area contributed by atoms with Crippen LogP contribution in [0.3, 0.4) is 0 Å². The predicted molar refractivity (Wildman–Crippen MR) is 84.5 cm³/mol. The van der Waals surface area contributed by atoms with E-state index in [1.54, 1.807) is 11.3 Å². The molecule has 0 atom stereocenters. The fourth-order valence-electron chi connectivity index (χ4n) is 2.07. The minimum Gasteiger partial charge on any atom is -0.306 e. The Kier molecular flexibility index (Phi) is 4.21. The van der Waals surface area contributed by atoms with Gasteiger partial charge in [-0.05, 0) is 34.7 Å². The van der Waals surface area contributed by atoms with Crippen LogP contribution in [0.1, 0.15) is 10.6 Å². The molecule has 0 aliphatic heterocycles. The van der Waals surface area contributed by atoms with Crippen LogP contribution in [-0.2, 0) is 13.1 Å². The summed E-state index contributed by atoms with van der Waals surface area (Å²) in [6.45, 7) is 1.69. The van der Waals surface area contributed by atoms with E-state index < -0.39 is 0 Å². The molecule has 0 fully saturated rings. The zero-order valence-corrected chi connectivity index (χ0v) is 11.9. The average molecular weight is 280 g/mol. The molecular formula is C17H16N2S. The lowest BCUT2D eigenvalue weighted by Crippen LogP contribution is -2.12. The largest absolute Gasteiger partial charge is 0.306 e. The molecule has 2 heterocycles. The highest BCUT2D eigenvalue weighted by atomic mass is 32.1. The van der Waals surface area contributed by atoms with Crippen LogP contribution in [0.25, 0.3) is 11.1 Å². The van der Waals surface area contributed by atoms with E-state index in [9.17, 15) is 0 Å². The normalized spacial score (nSPS) is 10.6. The van der Waals surface area contributed by atoms with E-state index in [4.69, 9.17) is 0 Å². The lowest BCUT2D eigenvalue weighted by atomic mass is 10.1. The van der Waals surface area contributed by atoms with E-state index in [1.165, 1.54) is 16.0 Å². The second-order valence-corrected chi connectivity index (χ2v) is 5.59. The van der Waals surface area contributed by atoms with Crippen LogP contribution in [0.2, 0.25) is 0 Å². The van der Waals surface area contributed by atoms with Gasteiger partial charge in [-0.3, -0.25) is 4.98 Å².